The summed E-state index contributed by atoms with van der Waals surface area (Å²) in [5.41, 5.74) is 0.0437. The molecule has 0 atom stereocenters. The fourth-order valence-corrected chi connectivity index (χ4v) is 2.90. The standard InChI is InChI=1S/C20H13F3N4O2/c21-20(22,23)14-4-1-3-13(11-14)12-6-8-15(9-7-12)25-17-16-5-2-10-24-18(16)27(29)19(28)26-17/h1-11,29H,(H,25,26,28). The van der Waals surface area contributed by atoms with Crippen molar-refractivity contribution in [3.05, 3.63) is 82.9 Å². The number of rotatable bonds is 3. The average molecular weight is 398 g/mol. The molecule has 6 nitrogen and oxygen atoms in total. The smallest absolute Gasteiger partial charge is 0.416 e. The lowest BCUT2D eigenvalue weighted by atomic mass is 10.0. The van der Waals surface area contributed by atoms with Crippen LogP contribution in [0.25, 0.3) is 22.2 Å². The summed E-state index contributed by atoms with van der Waals surface area (Å²) >= 11 is 0. The molecule has 29 heavy (non-hydrogen) atoms. The monoisotopic (exact) mass is 398 g/mol. The molecule has 0 aliphatic carbocycles. The molecule has 0 radical (unpaired) electrons. The highest BCUT2D eigenvalue weighted by Gasteiger charge is 2.30. The summed E-state index contributed by atoms with van der Waals surface area (Å²) in [6.45, 7) is 0. The highest BCUT2D eigenvalue weighted by molar-refractivity contribution is 5.88. The topological polar surface area (TPSA) is 80.0 Å². The molecule has 4 aromatic rings. The third kappa shape index (κ3) is 3.62. The zero-order valence-electron chi connectivity index (χ0n) is 14.7. The van der Waals surface area contributed by atoms with E-state index in [1.807, 2.05) is 0 Å². The van der Waals surface area contributed by atoms with Gasteiger partial charge in [0, 0.05) is 11.9 Å². The number of pyridine rings is 1. The van der Waals surface area contributed by atoms with Crippen molar-refractivity contribution in [2.24, 2.45) is 0 Å². The van der Waals surface area contributed by atoms with E-state index >= 15 is 0 Å². The first-order valence-corrected chi connectivity index (χ1v) is 8.45. The van der Waals surface area contributed by atoms with Gasteiger partial charge in [0.2, 0.25) is 0 Å². The first kappa shape index (κ1) is 18.5. The summed E-state index contributed by atoms with van der Waals surface area (Å²) in [4.78, 5) is 19.6. The van der Waals surface area contributed by atoms with Crippen molar-refractivity contribution in [3.8, 4) is 11.1 Å². The molecule has 0 fully saturated rings. The van der Waals surface area contributed by atoms with Gasteiger partial charge in [0.15, 0.2) is 5.65 Å². The summed E-state index contributed by atoms with van der Waals surface area (Å²) in [6, 6.07) is 15.0. The van der Waals surface area contributed by atoms with Crippen LogP contribution in [0.2, 0.25) is 0 Å². The number of benzene rings is 2. The number of fused-ring (bicyclic) bond motifs is 1. The van der Waals surface area contributed by atoms with Crippen molar-refractivity contribution in [1.82, 2.24) is 14.7 Å². The molecule has 0 saturated heterocycles. The number of alkyl halides is 3. The summed E-state index contributed by atoms with van der Waals surface area (Å²) in [5.74, 6) is 0.204. The van der Waals surface area contributed by atoms with Gasteiger partial charge in [-0.1, -0.05) is 24.3 Å². The Balaban J connectivity index is 1.66. The van der Waals surface area contributed by atoms with Crippen molar-refractivity contribution in [2.75, 3.05) is 5.32 Å². The number of nitrogens with zero attached hydrogens (tertiary/aromatic N) is 3. The minimum absolute atomic E-state index is 0.0515. The van der Waals surface area contributed by atoms with Gasteiger partial charge in [-0.05, 0) is 47.5 Å². The average Bonchev–Trinajstić information content (AvgIpc) is 2.72. The van der Waals surface area contributed by atoms with Crippen LogP contribution in [0.4, 0.5) is 24.7 Å². The first-order chi connectivity index (χ1) is 13.8. The van der Waals surface area contributed by atoms with Crippen LogP contribution in [0.1, 0.15) is 5.56 Å². The molecule has 2 heterocycles. The number of nitrogens with one attached hydrogen (secondary N) is 1. The molecular formula is C20H13F3N4O2. The Hall–Kier alpha value is -3.88. The van der Waals surface area contributed by atoms with Crippen LogP contribution in [-0.4, -0.2) is 19.9 Å². The van der Waals surface area contributed by atoms with E-state index in [1.165, 1.54) is 12.3 Å². The highest BCUT2D eigenvalue weighted by atomic mass is 19.4. The fraction of sp³-hybridized carbons (Fsp3) is 0.0500. The summed E-state index contributed by atoms with van der Waals surface area (Å²) in [7, 11) is 0. The second-order valence-electron chi connectivity index (χ2n) is 6.21. The van der Waals surface area contributed by atoms with Gasteiger partial charge in [-0.3, -0.25) is 0 Å². The van der Waals surface area contributed by atoms with Gasteiger partial charge in [0.25, 0.3) is 0 Å². The predicted octanol–water partition coefficient (Wildman–Crippen LogP) is 4.46. The van der Waals surface area contributed by atoms with Crippen molar-refractivity contribution in [2.45, 2.75) is 6.18 Å². The molecule has 9 heteroatoms. The minimum atomic E-state index is -4.41. The quantitative estimate of drug-likeness (QED) is 0.498. The van der Waals surface area contributed by atoms with Gasteiger partial charge in [0.1, 0.15) is 5.82 Å². The Morgan fingerprint density at radius 2 is 1.72 bits per heavy atom. The molecule has 0 amide bonds. The van der Waals surface area contributed by atoms with Crippen LogP contribution in [-0.2, 0) is 6.18 Å². The third-order valence-electron chi connectivity index (χ3n) is 4.30. The van der Waals surface area contributed by atoms with Crippen molar-refractivity contribution >= 4 is 22.5 Å². The van der Waals surface area contributed by atoms with Gasteiger partial charge in [-0.2, -0.15) is 18.2 Å². The van der Waals surface area contributed by atoms with Crippen molar-refractivity contribution < 1.29 is 18.4 Å². The third-order valence-corrected chi connectivity index (χ3v) is 4.30. The molecule has 0 spiro atoms. The van der Waals surface area contributed by atoms with Gasteiger partial charge < -0.3 is 10.5 Å². The van der Waals surface area contributed by atoms with E-state index in [-0.39, 0.29) is 11.5 Å². The van der Waals surface area contributed by atoms with E-state index in [0.29, 0.717) is 26.9 Å². The zero-order chi connectivity index (χ0) is 20.6. The van der Waals surface area contributed by atoms with Gasteiger partial charge in [-0.15, -0.1) is 4.73 Å². The van der Waals surface area contributed by atoms with Crippen molar-refractivity contribution in [1.29, 1.82) is 0 Å². The summed E-state index contributed by atoms with van der Waals surface area (Å²) in [6.07, 6.45) is -2.98. The molecule has 0 aliphatic rings. The minimum Gasteiger partial charge on any atom is -0.422 e. The predicted molar refractivity (Wildman–Crippen MR) is 101 cm³/mol. The van der Waals surface area contributed by atoms with E-state index < -0.39 is 17.4 Å². The van der Waals surface area contributed by atoms with Crippen LogP contribution in [0, 0.1) is 0 Å². The maximum absolute atomic E-state index is 12.9. The molecular weight excluding hydrogens is 385 g/mol. The SMILES string of the molecule is O=c1nc(Nc2ccc(-c3cccc(C(F)(F)F)c3)cc2)c2cccnc2n1O. The highest BCUT2D eigenvalue weighted by Crippen LogP contribution is 2.32. The molecule has 2 aromatic carbocycles. The second-order valence-corrected chi connectivity index (χ2v) is 6.21. The molecule has 2 aromatic heterocycles. The number of hydrogen-bond acceptors (Lipinski definition) is 5. The molecule has 0 bridgehead atoms. The van der Waals surface area contributed by atoms with Crippen LogP contribution >= 0.6 is 0 Å². The summed E-state index contributed by atoms with van der Waals surface area (Å²) in [5, 5.41) is 13.2. The van der Waals surface area contributed by atoms with Crippen LogP contribution in [0.3, 0.4) is 0 Å². The van der Waals surface area contributed by atoms with E-state index in [1.54, 1.807) is 42.5 Å². The molecule has 0 aliphatic heterocycles. The Labute approximate surface area is 161 Å². The Bertz CT molecular complexity index is 1250. The summed E-state index contributed by atoms with van der Waals surface area (Å²) < 4.78 is 39.1. The second kappa shape index (κ2) is 6.93. The normalized spacial score (nSPS) is 11.6. The molecule has 2 N–H and O–H groups in total. The first-order valence-electron chi connectivity index (χ1n) is 8.45. The Morgan fingerprint density at radius 3 is 2.45 bits per heavy atom. The Morgan fingerprint density at radius 1 is 0.966 bits per heavy atom. The fourth-order valence-electron chi connectivity index (χ4n) is 2.90. The maximum Gasteiger partial charge on any atom is 0.416 e. The lowest BCUT2D eigenvalue weighted by molar-refractivity contribution is -0.137. The maximum atomic E-state index is 12.9. The van der Waals surface area contributed by atoms with Crippen LogP contribution < -0.4 is 11.0 Å². The van der Waals surface area contributed by atoms with Gasteiger partial charge in [-0.25, -0.2) is 9.78 Å². The Kier molecular flexibility index (Phi) is 4.42. The number of hydrogen-bond donors (Lipinski definition) is 2. The molecule has 0 saturated carbocycles. The van der Waals surface area contributed by atoms with Crippen LogP contribution in [0.5, 0.6) is 0 Å². The van der Waals surface area contributed by atoms with E-state index in [0.717, 1.165) is 12.1 Å². The van der Waals surface area contributed by atoms with Gasteiger partial charge in [0.05, 0.1) is 10.9 Å². The molecule has 0 unspecified atom stereocenters. The van der Waals surface area contributed by atoms with Crippen LogP contribution in [0.15, 0.2) is 71.7 Å². The molecule has 146 valence electrons. The van der Waals surface area contributed by atoms with E-state index in [9.17, 15) is 23.2 Å². The lowest BCUT2D eigenvalue weighted by Crippen LogP contribution is -2.23. The van der Waals surface area contributed by atoms with Gasteiger partial charge >= 0.3 is 11.9 Å². The van der Waals surface area contributed by atoms with E-state index in [4.69, 9.17) is 0 Å². The number of halogens is 3. The zero-order valence-corrected chi connectivity index (χ0v) is 14.7. The molecule has 4 rings (SSSR count). The van der Waals surface area contributed by atoms with E-state index in [2.05, 4.69) is 15.3 Å². The largest absolute Gasteiger partial charge is 0.422 e. The number of anilines is 2. The lowest BCUT2D eigenvalue weighted by Gasteiger charge is -2.11. The van der Waals surface area contributed by atoms with Crippen molar-refractivity contribution in [3.63, 3.8) is 0 Å². The number of aromatic nitrogens is 3.